The maximum atomic E-state index is 9.29. The minimum absolute atomic E-state index is 0. The molecule has 0 aliphatic heterocycles. The molecular weight excluding hydrogens is 98.4 g/mol. The van der Waals surface area contributed by atoms with Gasteiger partial charge in [-0.2, -0.15) is 0 Å². The Balaban J connectivity index is 0. The number of carbonyl (C=O) groups excluding carboxylic acids is 1. The van der Waals surface area contributed by atoms with Crippen molar-refractivity contribution in [3.63, 3.8) is 0 Å². The van der Waals surface area contributed by atoms with E-state index in [2.05, 4.69) is 22.3 Å². The molecule has 0 saturated carbocycles. The van der Waals surface area contributed by atoms with Crippen molar-refractivity contribution in [1.82, 2.24) is 0 Å². The maximum absolute atomic E-state index is 9.29. The van der Waals surface area contributed by atoms with Gasteiger partial charge in [0, 0.05) is 0 Å². The van der Waals surface area contributed by atoms with Gasteiger partial charge in [0.15, 0.2) is 6.03 Å². The first kappa shape index (κ1) is 9.48. The van der Waals surface area contributed by atoms with Crippen molar-refractivity contribution in [1.29, 1.82) is 0 Å². The number of hydrogen-bond acceptors (Lipinski definition) is 1. The van der Waals surface area contributed by atoms with E-state index in [1.807, 2.05) is 0 Å². The summed E-state index contributed by atoms with van der Waals surface area (Å²) in [5, 5.41) is 0. The SMILES string of the molecule is NC(=O)[N-]Cl.[Li+]. The smallest absolute Gasteiger partial charge is 0.462 e. The first-order valence-electron chi connectivity index (χ1n) is 0.885. The molecule has 0 aromatic heterocycles. The van der Waals surface area contributed by atoms with Gasteiger partial charge in [-0.3, -0.25) is 4.79 Å². The molecule has 2 N–H and O–H groups in total. The van der Waals surface area contributed by atoms with E-state index in [9.17, 15) is 4.79 Å². The van der Waals surface area contributed by atoms with Gasteiger partial charge in [-0.15, -0.1) is 0 Å². The van der Waals surface area contributed by atoms with Gasteiger partial charge >= 0.3 is 18.9 Å². The van der Waals surface area contributed by atoms with Gasteiger partial charge in [0.05, 0.1) is 0 Å². The number of amides is 2. The van der Waals surface area contributed by atoms with Gasteiger partial charge in [-0.25, -0.2) is 0 Å². The zero-order valence-electron chi connectivity index (χ0n) is 3.31. The van der Waals surface area contributed by atoms with E-state index in [0.29, 0.717) is 0 Å². The second-order valence-corrected chi connectivity index (χ2v) is 0.592. The summed E-state index contributed by atoms with van der Waals surface area (Å²) in [4.78, 5) is 11.8. The van der Waals surface area contributed by atoms with Crippen molar-refractivity contribution in [3.8, 4) is 0 Å². The maximum Gasteiger partial charge on any atom is 1.00 e. The Morgan fingerprint density at radius 3 is 2.00 bits per heavy atom. The van der Waals surface area contributed by atoms with Crippen molar-refractivity contribution >= 4 is 17.8 Å². The second-order valence-electron chi connectivity index (χ2n) is 0.423. The fraction of sp³-hybridized carbons (Fsp3) is 0. The van der Waals surface area contributed by atoms with Gasteiger partial charge < -0.3 is 10.6 Å². The monoisotopic (exact) mass is 100 g/mol. The summed E-state index contributed by atoms with van der Waals surface area (Å²) in [5.41, 5.74) is 4.35. The first-order chi connectivity index (χ1) is 2.27. The molecule has 0 aliphatic rings. The van der Waals surface area contributed by atoms with E-state index >= 15 is 0 Å². The Kier molecular flexibility index (Phi) is 8.15. The molecule has 0 unspecified atom stereocenters. The van der Waals surface area contributed by atoms with Crippen LogP contribution in [0.25, 0.3) is 4.84 Å². The van der Waals surface area contributed by atoms with Gasteiger partial charge in [-0.05, 0) is 0 Å². The summed E-state index contributed by atoms with van der Waals surface area (Å²) in [6.45, 7) is 0. The Morgan fingerprint density at radius 2 is 2.00 bits per heavy atom. The van der Waals surface area contributed by atoms with E-state index in [1.165, 1.54) is 0 Å². The summed E-state index contributed by atoms with van der Waals surface area (Å²) < 4.78 is 0. The number of hydrogen-bond donors (Lipinski definition) is 1. The Labute approximate surface area is 52.5 Å². The molecule has 2 amide bonds. The second kappa shape index (κ2) is 5.16. The zero-order chi connectivity index (χ0) is 4.28. The molecule has 0 spiro atoms. The van der Waals surface area contributed by atoms with Crippen molar-refractivity contribution in [2.45, 2.75) is 0 Å². The third-order valence-corrected chi connectivity index (χ3v) is 0.250. The largest absolute Gasteiger partial charge is 1.00 e. The summed E-state index contributed by atoms with van der Waals surface area (Å²) >= 11 is 4.49. The van der Waals surface area contributed by atoms with Crippen LogP contribution in [0, 0.1) is 0 Å². The van der Waals surface area contributed by atoms with Crippen LogP contribution in [-0.2, 0) is 0 Å². The van der Waals surface area contributed by atoms with Crippen LogP contribution in [0.15, 0.2) is 0 Å². The molecule has 3 nitrogen and oxygen atoms in total. The quantitative estimate of drug-likeness (QED) is 0.339. The summed E-state index contributed by atoms with van der Waals surface area (Å²) in [5.74, 6) is 0. The average Bonchev–Trinajstić information content (AvgIpc) is 1.38. The fourth-order valence-corrected chi connectivity index (χ4v) is 0. The summed E-state index contributed by atoms with van der Waals surface area (Å²) in [6, 6.07) is -0.855. The van der Waals surface area contributed by atoms with Gasteiger partial charge in [-0.1, -0.05) is 11.8 Å². The molecule has 0 rings (SSSR count). The molecule has 6 heavy (non-hydrogen) atoms. The number of urea groups is 1. The first-order valence-corrected chi connectivity index (χ1v) is 1.22. The van der Waals surface area contributed by atoms with Crippen LogP contribution in [0.4, 0.5) is 4.79 Å². The third-order valence-electron chi connectivity index (χ3n) is 0.0833. The van der Waals surface area contributed by atoms with Crippen LogP contribution in [0.3, 0.4) is 0 Å². The van der Waals surface area contributed by atoms with Crippen LogP contribution in [0.2, 0.25) is 0 Å². The number of nitrogens with two attached hydrogens (primary N) is 1. The molecule has 0 aromatic carbocycles. The van der Waals surface area contributed by atoms with Crippen molar-refractivity contribution in [2.75, 3.05) is 0 Å². The zero-order valence-corrected chi connectivity index (χ0v) is 4.07. The number of rotatable bonds is 0. The van der Waals surface area contributed by atoms with E-state index in [1.54, 1.807) is 0 Å². The van der Waals surface area contributed by atoms with Gasteiger partial charge in [0.25, 0.3) is 0 Å². The van der Waals surface area contributed by atoms with E-state index in [4.69, 9.17) is 0 Å². The Bertz CT molecular complexity index is 48.8. The third kappa shape index (κ3) is 8.90. The molecule has 0 aromatic rings. The van der Waals surface area contributed by atoms with Crippen molar-refractivity contribution in [3.05, 3.63) is 4.84 Å². The van der Waals surface area contributed by atoms with E-state index < -0.39 is 6.03 Å². The van der Waals surface area contributed by atoms with Crippen LogP contribution in [-0.4, -0.2) is 6.03 Å². The molecular formula is CH2ClLiN2O. The summed E-state index contributed by atoms with van der Waals surface area (Å²) in [7, 11) is 0. The Morgan fingerprint density at radius 1 is 1.83 bits per heavy atom. The average molecular weight is 100 g/mol. The van der Waals surface area contributed by atoms with E-state index in [-0.39, 0.29) is 18.9 Å². The standard InChI is InChI=1S/CH3ClN2O.Li/c2-4-1(3)5;/h(H3,3,4,5);/q;+1/p-1. The van der Waals surface area contributed by atoms with Crippen LogP contribution >= 0.6 is 11.8 Å². The van der Waals surface area contributed by atoms with E-state index in [0.717, 1.165) is 0 Å². The van der Waals surface area contributed by atoms with Crippen molar-refractivity contribution < 1.29 is 23.7 Å². The molecule has 30 valence electrons. The predicted octanol–water partition coefficient (Wildman–Crippen LogP) is -2.40. The molecule has 0 atom stereocenters. The van der Waals surface area contributed by atoms with Gasteiger partial charge in [0.2, 0.25) is 0 Å². The fourth-order valence-electron chi connectivity index (χ4n) is 0. The van der Waals surface area contributed by atoms with Crippen molar-refractivity contribution in [2.24, 2.45) is 5.73 Å². The number of nitrogens with zero attached hydrogens (tertiary/aromatic N) is 1. The molecule has 0 radical (unpaired) electrons. The molecule has 0 saturated heterocycles. The summed E-state index contributed by atoms with van der Waals surface area (Å²) in [6.07, 6.45) is 0. The van der Waals surface area contributed by atoms with Crippen LogP contribution < -0.4 is 24.6 Å². The molecule has 0 bridgehead atoms. The minimum Gasteiger partial charge on any atom is -0.462 e. The molecule has 0 fully saturated rings. The van der Waals surface area contributed by atoms with Crippen LogP contribution in [0.1, 0.15) is 0 Å². The number of carbonyl (C=O) groups is 1. The Hall–Kier alpha value is 0.157. The number of halogens is 1. The topological polar surface area (TPSA) is 57.2 Å². The molecule has 0 aliphatic carbocycles. The predicted molar refractivity (Wildman–Crippen MR) is 18.8 cm³/mol. The van der Waals surface area contributed by atoms with Gasteiger partial charge in [0.1, 0.15) is 0 Å². The molecule has 5 heteroatoms. The normalized spacial score (nSPS) is 5.50. The number of primary amides is 1. The minimum atomic E-state index is -0.855. The van der Waals surface area contributed by atoms with Crippen LogP contribution in [0.5, 0.6) is 0 Å². The molecule has 0 heterocycles.